The van der Waals surface area contributed by atoms with Gasteiger partial charge in [-0.15, -0.1) is 11.3 Å². The number of hydrogen-bond donors (Lipinski definition) is 1. The van der Waals surface area contributed by atoms with Gasteiger partial charge in [-0.25, -0.2) is 9.97 Å². The second kappa shape index (κ2) is 5.10. The van der Waals surface area contributed by atoms with Gasteiger partial charge in [0.1, 0.15) is 0 Å². The molecular formula is C16H12N4S. The van der Waals surface area contributed by atoms with E-state index in [4.69, 9.17) is 0 Å². The summed E-state index contributed by atoms with van der Waals surface area (Å²) in [6.07, 6.45) is 1.82. The van der Waals surface area contributed by atoms with Crippen LogP contribution in [0.1, 0.15) is 5.69 Å². The van der Waals surface area contributed by atoms with Crippen LogP contribution in [0.4, 0.5) is 5.69 Å². The molecule has 2 heterocycles. The van der Waals surface area contributed by atoms with Crippen molar-refractivity contribution in [3.63, 3.8) is 0 Å². The van der Waals surface area contributed by atoms with Crippen molar-refractivity contribution in [2.24, 2.45) is 0 Å². The van der Waals surface area contributed by atoms with Crippen molar-refractivity contribution in [1.82, 2.24) is 15.0 Å². The second-order valence-electron chi connectivity index (χ2n) is 4.74. The lowest BCUT2D eigenvalue weighted by molar-refractivity contribution is 1.04. The molecule has 21 heavy (non-hydrogen) atoms. The van der Waals surface area contributed by atoms with Crippen molar-refractivity contribution in [2.75, 3.05) is 5.32 Å². The summed E-state index contributed by atoms with van der Waals surface area (Å²) in [6.45, 7) is 0.655. The van der Waals surface area contributed by atoms with Crippen LogP contribution in [-0.4, -0.2) is 15.0 Å². The zero-order chi connectivity index (χ0) is 14.1. The lowest BCUT2D eigenvalue weighted by Gasteiger charge is -2.06. The Morgan fingerprint density at radius 1 is 0.952 bits per heavy atom. The fourth-order valence-corrected chi connectivity index (χ4v) is 2.95. The molecule has 2 aromatic heterocycles. The first-order valence-electron chi connectivity index (χ1n) is 6.66. The molecule has 0 radical (unpaired) electrons. The Labute approximate surface area is 125 Å². The first-order chi connectivity index (χ1) is 10.4. The topological polar surface area (TPSA) is 50.7 Å². The van der Waals surface area contributed by atoms with Crippen LogP contribution >= 0.6 is 11.3 Å². The maximum atomic E-state index is 4.61. The third kappa shape index (κ3) is 2.43. The van der Waals surface area contributed by atoms with Crippen LogP contribution in [0.5, 0.6) is 0 Å². The van der Waals surface area contributed by atoms with Gasteiger partial charge in [0.25, 0.3) is 0 Å². The minimum atomic E-state index is 0.655. The average molecular weight is 292 g/mol. The predicted molar refractivity (Wildman–Crippen MR) is 86.5 cm³/mol. The van der Waals surface area contributed by atoms with Crippen molar-refractivity contribution in [3.05, 3.63) is 59.9 Å². The Hall–Kier alpha value is -2.53. The van der Waals surface area contributed by atoms with Crippen LogP contribution in [0.2, 0.25) is 0 Å². The van der Waals surface area contributed by atoms with Crippen molar-refractivity contribution in [3.8, 4) is 0 Å². The Balaban J connectivity index is 1.56. The fraction of sp³-hybridized carbons (Fsp3) is 0.0625. The minimum Gasteiger partial charge on any atom is -0.379 e. The van der Waals surface area contributed by atoms with E-state index in [1.54, 1.807) is 11.3 Å². The highest BCUT2D eigenvalue weighted by Gasteiger charge is 2.01. The second-order valence-corrected chi connectivity index (χ2v) is 5.62. The van der Waals surface area contributed by atoms with Crippen LogP contribution in [0.15, 0.2) is 54.2 Å². The van der Waals surface area contributed by atoms with Crippen LogP contribution in [0.25, 0.3) is 21.3 Å². The smallest absolute Gasteiger partial charge is 0.0890 e. The number of aromatic nitrogens is 3. The molecule has 0 spiro atoms. The van der Waals surface area contributed by atoms with Gasteiger partial charge in [0.2, 0.25) is 0 Å². The van der Waals surface area contributed by atoms with Crippen LogP contribution in [0, 0.1) is 0 Å². The third-order valence-electron chi connectivity index (χ3n) is 3.30. The summed E-state index contributed by atoms with van der Waals surface area (Å²) in [5.74, 6) is 0. The third-order valence-corrected chi connectivity index (χ3v) is 4.10. The Morgan fingerprint density at radius 3 is 2.81 bits per heavy atom. The summed E-state index contributed by atoms with van der Waals surface area (Å²) in [5, 5.41) is 3.38. The van der Waals surface area contributed by atoms with Crippen LogP contribution in [0.3, 0.4) is 0 Å². The van der Waals surface area contributed by atoms with Gasteiger partial charge < -0.3 is 5.32 Å². The minimum absolute atomic E-state index is 0.655. The van der Waals surface area contributed by atoms with E-state index in [0.29, 0.717) is 6.54 Å². The van der Waals surface area contributed by atoms with E-state index >= 15 is 0 Å². The molecule has 0 saturated carbocycles. The zero-order valence-electron chi connectivity index (χ0n) is 11.2. The zero-order valence-corrected chi connectivity index (χ0v) is 12.0. The van der Waals surface area contributed by atoms with Gasteiger partial charge in [-0.05, 0) is 30.3 Å². The van der Waals surface area contributed by atoms with E-state index in [-0.39, 0.29) is 0 Å². The van der Waals surface area contributed by atoms with E-state index in [1.165, 1.54) is 4.70 Å². The monoisotopic (exact) mass is 292 g/mol. The highest BCUT2D eigenvalue weighted by molar-refractivity contribution is 7.16. The molecule has 0 atom stereocenters. The molecule has 4 aromatic rings. The van der Waals surface area contributed by atoms with Crippen molar-refractivity contribution in [1.29, 1.82) is 0 Å². The maximum Gasteiger partial charge on any atom is 0.0890 e. The fourth-order valence-electron chi connectivity index (χ4n) is 2.24. The lowest BCUT2D eigenvalue weighted by atomic mass is 10.2. The predicted octanol–water partition coefficient (Wildman–Crippen LogP) is 3.85. The number of rotatable bonds is 3. The number of hydrogen-bond acceptors (Lipinski definition) is 5. The van der Waals surface area contributed by atoms with Gasteiger partial charge in [0.15, 0.2) is 0 Å². The molecule has 0 fully saturated rings. The number of benzene rings is 2. The van der Waals surface area contributed by atoms with Gasteiger partial charge in [0, 0.05) is 5.69 Å². The van der Waals surface area contributed by atoms with Gasteiger partial charge in [-0.1, -0.05) is 12.1 Å². The van der Waals surface area contributed by atoms with Gasteiger partial charge in [-0.3, -0.25) is 4.98 Å². The van der Waals surface area contributed by atoms with Crippen molar-refractivity contribution in [2.45, 2.75) is 6.54 Å². The number of para-hydroxylation sites is 2. The van der Waals surface area contributed by atoms with Crippen LogP contribution < -0.4 is 5.32 Å². The molecule has 2 aromatic carbocycles. The summed E-state index contributed by atoms with van der Waals surface area (Å²) in [4.78, 5) is 13.3. The standard InChI is InChI=1S/C16H12N4S/c1-2-4-14-13(3-1)18-9-12(20-14)8-17-11-5-6-15-16(7-11)21-10-19-15/h1-7,9-10,17H,8H2. The van der Waals surface area contributed by atoms with E-state index in [1.807, 2.05) is 48.1 Å². The average Bonchev–Trinajstić information content (AvgIpc) is 3.00. The lowest BCUT2D eigenvalue weighted by Crippen LogP contribution is -2.02. The number of fused-ring (bicyclic) bond motifs is 2. The summed E-state index contributed by atoms with van der Waals surface area (Å²) < 4.78 is 1.18. The summed E-state index contributed by atoms with van der Waals surface area (Å²) in [6, 6.07) is 14.1. The molecule has 0 aliphatic heterocycles. The SMILES string of the molecule is c1ccc2nc(CNc3ccc4ncsc4c3)cnc2c1. The first kappa shape index (κ1) is 12.2. The Morgan fingerprint density at radius 2 is 1.86 bits per heavy atom. The van der Waals surface area contributed by atoms with E-state index in [2.05, 4.69) is 26.3 Å². The van der Waals surface area contributed by atoms with Gasteiger partial charge in [0.05, 0.1) is 45.2 Å². The Kier molecular flexibility index (Phi) is 2.97. The van der Waals surface area contributed by atoms with E-state index in [0.717, 1.165) is 27.9 Å². The molecule has 0 amide bonds. The number of nitrogens with one attached hydrogen (secondary N) is 1. The normalized spacial score (nSPS) is 11.0. The number of anilines is 1. The van der Waals surface area contributed by atoms with Crippen molar-refractivity contribution >= 4 is 38.3 Å². The first-order valence-corrected chi connectivity index (χ1v) is 7.54. The summed E-state index contributed by atoms with van der Waals surface area (Å²) >= 11 is 1.65. The highest BCUT2D eigenvalue weighted by Crippen LogP contribution is 2.22. The van der Waals surface area contributed by atoms with Gasteiger partial charge >= 0.3 is 0 Å². The van der Waals surface area contributed by atoms with E-state index < -0.39 is 0 Å². The number of thiazole rings is 1. The molecule has 102 valence electrons. The molecule has 0 aliphatic carbocycles. The molecule has 4 nitrogen and oxygen atoms in total. The molecule has 5 heteroatoms. The molecule has 0 aliphatic rings. The molecule has 0 bridgehead atoms. The van der Waals surface area contributed by atoms with Crippen LogP contribution in [-0.2, 0) is 6.54 Å². The summed E-state index contributed by atoms with van der Waals surface area (Å²) in [7, 11) is 0. The van der Waals surface area contributed by atoms with Gasteiger partial charge in [-0.2, -0.15) is 0 Å². The molecule has 0 saturated heterocycles. The largest absolute Gasteiger partial charge is 0.379 e. The summed E-state index contributed by atoms with van der Waals surface area (Å²) in [5.41, 5.74) is 6.75. The quantitative estimate of drug-likeness (QED) is 0.623. The van der Waals surface area contributed by atoms with Crippen molar-refractivity contribution < 1.29 is 0 Å². The number of nitrogens with zero attached hydrogens (tertiary/aromatic N) is 3. The molecule has 0 unspecified atom stereocenters. The highest BCUT2D eigenvalue weighted by atomic mass is 32.1. The molecule has 4 rings (SSSR count). The maximum absolute atomic E-state index is 4.61. The molecule has 1 N–H and O–H groups in total. The van der Waals surface area contributed by atoms with E-state index in [9.17, 15) is 0 Å². The Bertz CT molecular complexity index is 916. The molecular weight excluding hydrogens is 280 g/mol.